The maximum absolute atomic E-state index is 11.0. The monoisotopic (exact) mass is 1350 g/mol. The van der Waals surface area contributed by atoms with Gasteiger partial charge in [0, 0.05) is 84.7 Å². The Kier molecular flexibility index (Phi) is 21.3. The van der Waals surface area contributed by atoms with Gasteiger partial charge >= 0.3 is 11.9 Å². The van der Waals surface area contributed by atoms with E-state index < -0.39 is 24.1 Å². The van der Waals surface area contributed by atoms with Crippen molar-refractivity contribution in [1.29, 1.82) is 0 Å². The van der Waals surface area contributed by atoms with E-state index in [9.17, 15) is 14.7 Å². The van der Waals surface area contributed by atoms with E-state index in [4.69, 9.17) is 53.6 Å². The number of piperidine rings is 1. The standard InChI is InChI=1S/C29H39N5O3.C25H33N5O3.C22H27N3O4/c1-18-14-21(15-19(2)22(18)9-13-34-11-7-20(8-12-34)16-25(35)36)27-30-28(37-32-27)26-23-6-10-29(3,4)17-24(23)33(5)31-26;1-14-11-17(12-15(2)18(14)8-10-26-16(3)24(31)32)22-27-23(33-29-22)21-19-7-9-25(4,5)13-20(19)30(6)28-21;1-12-7-14(8-13(2)17(12)9-15(27)11-26)20-23-21(29-25-20)19-16-5-6-22(3,4)10-18(16)28-24-19/h14-15,20H,6-13,16-17H2,1-5H3,(H,35,36);11-12,16,26H,7-10,13H2,1-6H3,(H,31,32);7-8,15,26-27H,5-6,9-11H2,1-4H3/t;16-;/m.0./s1. The van der Waals surface area contributed by atoms with E-state index in [0.717, 1.165) is 170 Å². The van der Waals surface area contributed by atoms with Gasteiger partial charge in [-0.1, -0.05) is 62.2 Å². The van der Waals surface area contributed by atoms with Crippen molar-refractivity contribution in [3.05, 3.63) is 120 Å². The molecule has 1 unspecified atom stereocenters. The van der Waals surface area contributed by atoms with Crippen LogP contribution in [0.4, 0.5) is 0 Å². The molecular weight excluding hydrogens is 1250 g/mol. The minimum absolute atomic E-state index is 0.213. The molecular formula is C76H99N13O10. The Hall–Kier alpha value is -8.51. The first-order chi connectivity index (χ1) is 46.9. The van der Waals surface area contributed by atoms with Crippen LogP contribution in [0.5, 0.6) is 0 Å². The smallest absolute Gasteiger partial charge is 0.320 e. The SMILES string of the molecule is Cc1cc(-c2noc(-c3nn(C)c4c3CCC(C)(C)C4)n2)cc(C)c1CCN1CCC(CC(=O)O)CC1.Cc1cc(-c2noc(-c3nn(C)c4c3CCC(C)(C)C4)n2)cc(C)c1CCN[C@@H](C)C(=O)O.Cc1cc(-c2noc(-c3noc4c3CCC(C)(C)C4)n2)cc(C)c1CC(O)CO. The maximum atomic E-state index is 11.0. The molecule has 0 saturated carbocycles. The average molecular weight is 1350 g/mol. The molecule has 3 aromatic carbocycles. The van der Waals surface area contributed by atoms with E-state index in [1.165, 1.54) is 44.8 Å². The van der Waals surface area contributed by atoms with Crippen molar-refractivity contribution in [2.75, 3.05) is 32.8 Å². The molecule has 13 rings (SSSR count). The van der Waals surface area contributed by atoms with E-state index >= 15 is 0 Å². The summed E-state index contributed by atoms with van der Waals surface area (Å²) < 4.78 is 26.4. The highest BCUT2D eigenvalue weighted by atomic mass is 16.5. The lowest BCUT2D eigenvalue weighted by Crippen LogP contribution is -2.35. The number of hydrogen-bond donors (Lipinski definition) is 5. The number of likely N-dealkylation sites (tertiary alicyclic amines) is 1. The third-order valence-corrected chi connectivity index (χ3v) is 20.9. The number of benzene rings is 3. The highest BCUT2D eigenvalue weighted by Gasteiger charge is 2.36. The van der Waals surface area contributed by atoms with Crippen LogP contribution in [-0.4, -0.2) is 137 Å². The number of rotatable bonds is 19. The summed E-state index contributed by atoms with van der Waals surface area (Å²) in [5.74, 6) is 2.69. The van der Waals surface area contributed by atoms with Crippen molar-refractivity contribution in [2.24, 2.45) is 36.3 Å². The van der Waals surface area contributed by atoms with Gasteiger partial charge in [-0.25, -0.2) is 0 Å². The van der Waals surface area contributed by atoms with Crippen LogP contribution >= 0.6 is 0 Å². The third kappa shape index (κ3) is 16.5. The van der Waals surface area contributed by atoms with Crippen molar-refractivity contribution >= 4 is 11.9 Å². The lowest BCUT2D eigenvalue weighted by atomic mass is 9.76. The first-order valence-corrected chi connectivity index (χ1v) is 35.0. The molecule has 0 spiro atoms. The van der Waals surface area contributed by atoms with Crippen LogP contribution in [-0.2, 0) is 81.5 Å². The van der Waals surface area contributed by atoms with E-state index in [0.29, 0.717) is 66.1 Å². The van der Waals surface area contributed by atoms with E-state index in [-0.39, 0.29) is 22.9 Å². The second-order valence-corrected chi connectivity index (χ2v) is 30.7. The molecule has 1 saturated heterocycles. The number of aliphatic carboxylic acids is 2. The molecule has 0 radical (unpaired) electrons. The van der Waals surface area contributed by atoms with Crippen LogP contribution in [0.2, 0.25) is 0 Å². The average Bonchev–Trinajstić information content (AvgIpc) is 1.64. The predicted molar refractivity (Wildman–Crippen MR) is 376 cm³/mol. The summed E-state index contributed by atoms with van der Waals surface area (Å²) in [7, 11) is 3.99. The summed E-state index contributed by atoms with van der Waals surface area (Å²) in [5, 5.41) is 66.4. The first kappa shape index (κ1) is 71.8. The number of aliphatic hydroxyl groups excluding tert-OH is 2. The minimum atomic E-state index is -0.843. The number of hydrogen-bond acceptors (Lipinski definition) is 19. The van der Waals surface area contributed by atoms with E-state index in [1.807, 2.05) is 49.4 Å². The first-order valence-electron chi connectivity index (χ1n) is 35.0. The summed E-state index contributed by atoms with van der Waals surface area (Å²) in [6.07, 6.45) is 12.6. The molecule has 9 aromatic rings. The van der Waals surface area contributed by atoms with Crippen molar-refractivity contribution in [1.82, 2.24) is 65.4 Å². The van der Waals surface area contributed by atoms with Crippen molar-refractivity contribution in [3.63, 3.8) is 0 Å². The molecule has 6 aromatic heterocycles. The van der Waals surface area contributed by atoms with Gasteiger partial charge in [0.25, 0.3) is 17.7 Å². The zero-order valence-electron chi connectivity index (χ0n) is 60.4. The topological polar surface area (TPSA) is 309 Å². The summed E-state index contributed by atoms with van der Waals surface area (Å²) in [6, 6.07) is 11.8. The molecule has 1 fully saturated rings. The van der Waals surface area contributed by atoms with Gasteiger partial charge in [0.05, 0.1) is 12.7 Å². The van der Waals surface area contributed by atoms with Crippen molar-refractivity contribution in [3.8, 4) is 68.9 Å². The number of aliphatic hydroxyl groups is 2. The largest absolute Gasteiger partial charge is 0.481 e. The summed E-state index contributed by atoms with van der Waals surface area (Å²) in [4.78, 5) is 38.5. The number of carboxylic acids is 2. The highest BCUT2D eigenvalue weighted by Crippen LogP contribution is 2.43. The van der Waals surface area contributed by atoms with Crippen LogP contribution in [0.15, 0.2) is 54.5 Å². The normalized spacial score (nSPS) is 17.0. The third-order valence-electron chi connectivity index (χ3n) is 20.9. The lowest BCUT2D eigenvalue weighted by Gasteiger charge is -2.31. The number of aryl methyl sites for hydroxylation is 8. The molecule has 5 N–H and O–H groups in total. The molecule has 4 aliphatic rings. The van der Waals surface area contributed by atoms with Gasteiger partial charge in [0.2, 0.25) is 17.5 Å². The van der Waals surface area contributed by atoms with Crippen LogP contribution in [0, 0.1) is 63.7 Å². The number of carbonyl (C=O) groups is 2. The van der Waals surface area contributed by atoms with Crippen molar-refractivity contribution in [2.45, 2.75) is 198 Å². The Balaban J connectivity index is 0.000000151. The van der Waals surface area contributed by atoms with Gasteiger partial charge in [0.15, 0.2) is 17.1 Å². The van der Waals surface area contributed by atoms with Gasteiger partial charge < -0.3 is 48.7 Å². The quantitative estimate of drug-likeness (QED) is 0.0502. The number of aromatic nitrogens is 11. The fourth-order valence-corrected chi connectivity index (χ4v) is 14.9. The Labute approximate surface area is 579 Å². The molecule has 23 nitrogen and oxygen atoms in total. The molecule has 7 heterocycles. The van der Waals surface area contributed by atoms with Gasteiger partial charge in [-0.15, -0.1) is 0 Å². The van der Waals surface area contributed by atoms with Crippen LogP contribution < -0.4 is 5.32 Å². The molecule has 528 valence electrons. The van der Waals surface area contributed by atoms with Crippen LogP contribution in [0.25, 0.3) is 68.9 Å². The van der Waals surface area contributed by atoms with E-state index in [1.54, 1.807) is 6.92 Å². The zero-order valence-corrected chi connectivity index (χ0v) is 60.4. The van der Waals surface area contributed by atoms with Gasteiger partial charge in [-0.2, -0.15) is 25.1 Å². The molecule has 2 atom stereocenters. The zero-order chi connectivity index (χ0) is 71.0. The summed E-state index contributed by atoms with van der Waals surface area (Å²) >= 11 is 0. The minimum Gasteiger partial charge on any atom is -0.481 e. The van der Waals surface area contributed by atoms with Gasteiger partial charge in [-0.3, -0.25) is 19.0 Å². The Morgan fingerprint density at radius 2 is 0.990 bits per heavy atom. The Morgan fingerprint density at radius 3 is 1.42 bits per heavy atom. The number of carboxylic acid groups (broad SMARTS) is 2. The fraction of sp³-hybridized carbons (Fsp3) is 0.539. The predicted octanol–water partition coefficient (Wildman–Crippen LogP) is 12.3. The molecule has 0 amide bonds. The number of nitrogens with one attached hydrogen (secondary N) is 1. The van der Waals surface area contributed by atoms with Gasteiger partial charge in [-0.05, 0) is 254 Å². The number of nitrogens with zero attached hydrogens (tertiary/aromatic N) is 12. The molecule has 99 heavy (non-hydrogen) atoms. The molecule has 0 bridgehead atoms. The summed E-state index contributed by atoms with van der Waals surface area (Å²) in [5.41, 5.74) is 22.1. The lowest BCUT2D eigenvalue weighted by molar-refractivity contribution is -0.139. The second-order valence-electron chi connectivity index (χ2n) is 30.7. The van der Waals surface area contributed by atoms with E-state index in [2.05, 4.69) is 129 Å². The maximum Gasteiger partial charge on any atom is 0.320 e. The molecule has 3 aliphatic carbocycles. The molecule has 1 aliphatic heterocycles. The fourth-order valence-electron chi connectivity index (χ4n) is 14.9. The molecule has 23 heteroatoms. The Morgan fingerprint density at radius 1 is 0.576 bits per heavy atom. The van der Waals surface area contributed by atoms with Crippen LogP contribution in [0.3, 0.4) is 0 Å². The second kappa shape index (κ2) is 29.4. The summed E-state index contributed by atoms with van der Waals surface area (Å²) in [6.45, 7) is 31.0. The number of fused-ring (bicyclic) bond motifs is 3. The van der Waals surface area contributed by atoms with Gasteiger partial charge in [0.1, 0.15) is 11.8 Å². The Bertz CT molecular complexity index is 4330. The highest BCUT2D eigenvalue weighted by molar-refractivity contribution is 5.73. The van der Waals surface area contributed by atoms with Crippen molar-refractivity contribution < 1.29 is 48.1 Å². The van der Waals surface area contributed by atoms with Crippen LogP contribution in [0.1, 0.15) is 171 Å².